The number of hydrogen-bond donors (Lipinski definition) is 1. The molecule has 7 heteroatoms. The Labute approximate surface area is 167 Å². The number of rotatable bonds is 7. The van der Waals surface area contributed by atoms with E-state index in [1.54, 1.807) is 0 Å². The second kappa shape index (κ2) is 9.32. The molecule has 0 spiro atoms. The Kier molecular flexibility index (Phi) is 6.60. The highest BCUT2D eigenvalue weighted by atomic mass is 32.1. The Morgan fingerprint density at radius 3 is 2.43 bits per heavy atom. The summed E-state index contributed by atoms with van der Waals surface area (Å²) in [6, 6.07) is 16.3. The van der Waals surface area contributed by atoms with Crippen molar-refractivity contribution < 1.29 is 19.1 Å². The van der Waals surface area contributed by atoms with Gasteiger partial charge in [-0.05, 0) is 23.6 Å². The van der Waals surface area contributed by atoms with E-state index in [1.165, 1.54) is 11.3 Å². The number of benzene rings is 2. The Morgan fingerprint density at radius 2 is 1.71 bits per heavy atom. The number of carbonyl (C=O) groups is 2. The molecule has 1 heterocycles. The van der Waals surface area contributed by atoms with Crippen LogP contribution in [0.2, 0.25) is 0 Å². The van der Waals surface area contributed by atoms with Crippen molar-refractivity contribution in [2.24, 2.45) is 5.92 Å². The largest absolute Gasteiger partial charge is 0.457 e. The summed E-state index contributed by atoms with van der Waals surface area (Å²) in [5.41, 5.74) is 1.75. The molecule has 146 valence electrons. The van der Waals surface area contributed by atoms with Gasteiger partial charge in [0, 0.05) is 0 Å². The van der Waals surface area contributed by atoms with Crippen LogP contribution in [0.5, 0.6) is 0 Å². The van der Waals surface area contributed by atoms with Crippen LogP contribution in [0, 0.1) is 5.92 Å². The molecule has 1 N–H and O–H groups in total. The molecule has 28 heavy (non-hydrogen) atoms. The Morgan fingerprint density at radius 1 is 1.00 bits per heavy atom. The first-order valence-electron chi connectivity index (χ1n) is 9.01. The normalized spacial score (nSPS) is 12.0. The summed E-state index contributed by atoms with van der Waals surface area (Å²) in [5.74, 6) is -0.655. The second-order valence-corrected chi connectivity index (χ2v) is 7.73. The summed E-state index contributed by atoms with van der Waals surface area (Å²) in [4.78, 5) is 29.0. The van der Waals surface area contributed by atoms with Crippen LogP contribution in [0.3, 0.4) is 0 Å². The van der Waals surface area contributed by atoms with E-state index in [0.29, 0.717) is 5.01 Å². The first-order chi connectivity index (χ1) is 13.5. The molecular formula is C21H22N2O4S. The molecule has 3 aromatic rings. The smallest absolute Gasteiger partial charge is 0.408 e. The van der Waals surface area contributed by atoms with Crippen molar-refractivity contribution in [3.63, 3.8) is 0 Å². The van der Waals surface area contributed by atoms with Crippen LogP contribution < -0.4 is 5.32 Å². The molecule has 0 fully saturated rings. The van der Waals surface area contributed by atoms with Crippen LogP contribution in [0.1, 0.15) is 24.4 Å². The fourth-order valence-electron chi connectivity index (χ4n) is 2.59. The van der Waals surface area contributed by atoms with Crippen molar-refractivity contribution in [2.45, 2.75) is 33.1 Å². The van der Waals surface area contributed by atoms with Crippen molar-refractivity contribution >= 4 is 33.6 Å². The Bertz CT molecular complexity index is 907. The molecule has 1 atom stereocenters. The standard InChI is InChI=1S/C21H22N2O4S/c1-14(2)19(23-21(25)27-12-15-8-4-3-5-9-15)20(24)26-13-18-22-16-10-6-7-11-17(16)28-18/h3-11,14,19H,12-13H2,1-2H3,(H,23,25). The van der Waals surface area contributed by atoms with E-state index in [1.807, 2.05) is 68.4 Å². The van der Waals surface area contributed by atoms with E-state index in [0.717, 1.165) is 15.8 Å². The van der Waals surface area contributed by atoms with E-state index in [9.17, 15) is 9.59 Å². The molecule has 0 saturated carbocycles. The van der Waals surface area contributed by atoms with E-state index < -0.39 is 18.1 Å². The van der Waals surface area contributed by atoms with Crippen LogP contribution in [0.25, 0.3) is 10.2 Å². The molecule has 1 amide bonds. The molecule has 0 aliphatic carbocycles. The monoisotopic (exact) mass is 398 g/mol. The number of alkyl carbamates (subject to hydrolysis) is 1. The molecule has 0 saturated heterocycles. The number of nitrogens with zero attached hydrogens (tertiary/aromatic N) is 1. The van der Waals surface area contributed by atoms with Gasteiger partial charge in [0.1, 0.15) is 24.3 Å². The van der Waals surface area contributed by atoms with Crippen LogP contribution in [0.4, 0.5) is 4.79 Å². The molecule has 0 aliphatic rings. The summed E-state index contributed by atoms with van der Waals surface area (Å²) < 4.78 is 11.6. The topological polar surface area (TPSA) is 77.5 Å². The van der Waals surface area contributed by atoms with Crippen LogP contribution >= 0.6 is 11.3 Å². The molecule has 0 aliphatic heterocycles. The zero-order valence-electron chi connectivity index (χ0n) is 15.8. The third kappa shape index (κ3) is 5.29. The molecule has 6 nitrogen and oxygen atoms in total. The third-order valence-corrected chi connectivity index (χ3v) is 5.09. The number of thiazole rings is 1. The number of nitrogens with one attached hydrogen (secondary N) is 1. The summed E-state index contributed by atoms with van der Waals surface area (Å²) in [7, 11) is 0. The number of fused-ring (bicyclic) bond motifs is 1. The van der Waals surface area contributed by atoms with Crippen molar-refractivity contribution in [2.75, 3.05) is 0 Å². The minimum Gasteiger partial charge on any atom is -0.457 e. The van der Waals surface area contributed by atoms with E-state index in [-0.39, 0.29) is 19.1 Å². The van der Waals surface area contributed by atoms with Gasteiger partial charge >= 0.3 is 12.1 Å². The molecule has 1 aromatic heterocycles. The Balaban J connectivity index is 1.53. The number of carbonyl (C=O) groups excluding carboxylic acids is 2. The number of aromatic nitrogens is 1. The fraction of sp³-hybridized carbons (Fsp3) is 0.286. The van der Waals surface area contributed by atoms with Gasteiger partial charge in [0.25, 0.3) is 0 Å². The first-order valence-corrected chi connectivity index (χ1v) is 9.83. The average molecular weight is 398 g/mol. The zero-order chi connectivity index (χ0) is 19.9. The summed E-state index contributed by atoms with van der Waals surface area (Å²) in [6.07, 6.45) is -0.653. The van der Waals surface area contributed by atoms with Gasteiger partial charge in [-0.25, -0.2) is 14.6 Å². The lowest BCUT2D eigenvalue weighted by molar-refractivity contribution is -0.148. The predicted octanol–water partition coefficient (Wildman–Crippen LogP) is 4.29. The van der Waals surface area contributed by atoms with E-state index in [4.69, 9.17) is 9.47 Å². The van der Waals surface area contributed by atoms with Gasteiger partial charge in [-0.3, -0.25) is 0 Å². The maximum absolute atomic E-state index is 12.5. The number of esters is 1. The van der Waals surface area contributed by atoms with E-state index in [2.05, 4.69) is 10.3 Å². The molecule has 3 rings (SSSR count). The zero-order valence-corrected chi connectivity index (χ0v) is 16.6. The molecule has 0 radical (unpaired) electrons. The number of ether oxygens (including phenoxy) is 2. The minimum absolute atomic E-state index is 0.0716. The molecule has 0 bridgehead atoms. The van der Waals surface area contributed by atoms with Crippen LogP contribution in [-0.4, -0.2) is 23.1 Å². The van der Waals surface area contributed by atoms with Crippen molar-refractivity contribution in [3.8, 4) is 0 Å². The lowest BCUT2D eigenvalue weighted by atomic mass is 10.1. The molecular weight excluding hydrogens is 376 g/mol. The summed E-state index contributed by atoms with van der Waals surface area (Å²) in [6.45, 7) is 3.88. The lowest BCUT2D eigenvalue weighted by Gasteiger charge is -2.20. The predicted molar refractivity (Wildman–Crippen MR) is 108 cm³/mol. The lowest BCUT2D eigenvalue weighted by Crippen LogP contribution is -2.45. The average Bonchev–Trinajstić information content (AvgIpc) is 3.12. The van der Waals surface area contributed by atoms with Gasteiger partial charge in [-0.2, -0.15) is 0 Å². The maximum Gasteiger partial charge on any atom is 0.408 e. The molecule has 1 unspecified atom stereocenters. The van der Waals surface area contributed by atoms with Gasteiger partial charge in [0.2, 0.25) is 0 Å². The number of amides is 1. The first kappa shape index (κ1) is 19.8. The second-order valence-electron chi connectivity index (χ2n) is 6.61. The van der Waals surface area contributed by atoms with Crippen molar-refractivity contribution in [1.29, 1.82) is 0 Å². The quantitative estimate of drug-likeness (QED) is 0.601. The number of para-hydroxylation sites is 1. The van der Waals surface area contributed by atoms with Crippen molar-refractivity contribution in [3.05, 3.63) is 65.2 Å². The molecule has 2 aromatic carbocycles. The van der Waals surface area contributed by atoms with Gasteiger partial charge in [0.05, 0.1) is 10.2 Å². The number of hydrogen-bond acceptors (Lipinski definition) is 6. The van der Waals surface area contributed by atoms with Gasteiger partial charge in [0.15, 0.2) is 0 Å². The van der Waals surface area contributed by atoms with Gasteiger partial charge < -0.3 is 14.8 Å². The highest BCUT2D eigenvalue weighted by Gasteiger charge is 2.26. The van der Waals surface area contributed by atoms with Gasteiger partial charge in [-0.1, -0.05) is 56.3 Å². The maximum atomic E-state index is 12.5. The Hall–Kier alpha value is -2.93. The summed E-state index contributed by atoms with van der Waals surface area (Å²) in [5, 5.41) is 3.31. The van der Waals surface area contributed by atoms with Crippen molar-refractivity contribution in [1.82, 2.24) is 10.3 Å². The highest BCUT2D eigenvalue weighted by Crippen LogP contribution is 2.22. The summed E-state index contributed by atoms with van der Waals surface area (Å²) >= 11 is 1.48. The minimum atomic E-state index is -0.794. The van der Waals surface area contributed by atoms with Gasteiger partial charge in [-0.15, -0.1) is 11.3 Å². The fourth-order valence-corrected chi connectivity index (χ4v) is 3.47. The van der Waals surface area contributed by atoms with Crippen LogP contribution in [-0.2, 0) is 27.5 Å². The SMILES string of the molecule is CC(C)C(NC(=O)OCc1ccccc1)C(=O)OCc1nc2ccccc2s1. The van der Waals surface area contributed by atoms with E-state index >= 15 is 0 Å². The third-order valence-electron chi connectivity index (χ3n) is 4.08. The van der Waals surface area contributed by atoms with Crippen LogP contribution in [0.15, 0.2) is 54.6 Å². The highest BCUT2D eigenvalue weighted by molar-refractivity contribution is 7.18.